The van der Waals surface area contributed by atoms with Crippen LogP contribution in [-0.2, 0) is 15.4 Å². The standard InChI is InChI=1S/C14H23N3O2S/c1-14(2,3)11-5-7-15-13(9-11)16-12-6-8-17(10-12)20(4,18)19/h5,7,9,12H,6,8,10H2,1-4H3,(H,15,16). The van der Waals surface area contributed by atoms with E-state index in [2.05, 4.69) is 31.1 Å². The summed E-state index contributed by atoms with van der Waals surface area (Å²) in [6, 6.07) is 4.19. The largest absolute Gasteiger partial charge is 0.366 e. The van der Waals surface area contributed by atoms with Crippen LogP contribution >= 0.6 is 0 Å². The molecule has 0 amide bonds. The van der Waals surface area contributed by atoms with Crippen LogP contribution in [0.25, 0.3) is 0 Å². The number of aromatic nitrogens is 1. The number of hydrogen-bond donors (Lipinski definition) is 1. The predicted molar refractivity (Wildman–Crippen MR) is 81.4 cm³/mol. The molecule has 0 bridgehead atoms. The maximum absolute atomic E-state index is 11.5. The normalized spacial score (nSPS) is 21.1. The van der Waals surface area contributed by atoms with Gasteiger partial charge >= 0.3 is 0 Å². The molecule has 5 nitrogen and oxygen atoms in total. The van der Waals surface area contributed by atoms with Crippen LogP contribution in [0.3, 0.4) is 0 Å². The van der Waals surface area contributed by atoms with Gasteiger partial charge < -0.3 is 5.32 Å². The van der Waals surface area contributed by atoms with E-state index in [4.69, 9.17) is 0 Å². The molecule has 1 aromatic rings. The number of hydrogen-bond acceptors (Lipinski definition) is 4. The minimum Gasteiger partial charge on any atom is -0.366 e. The first-order valence-corrected chi connectivity index (χ1v) is 8.69. The summed E-state index contributed by atoms with van der Waals surface area (Å²) in [7, 11) is -3.09. The number of rotatable bonds is 3. The van der Waals surface area contributed by atoms with Crippen molar-refractivity contribution in [3.63, 3.8) is 0 Å². The van der Waals surface area contributed by atoms with Crippen molar-refractivity contribution in [2.45, 2.75) is 38.6 Å². The minimum absolute atomic E-state index is 0.0772. The Hall–Kier alpha value is -1.14. The van der Waals surface area contributed by atoms with E-state index in [0.717, 1.165) is 12.2 Å². The van der Waals surface area contributed by atoms with Crippen molar-refractivity contribution in [1.29, 1.82) is 0 Å². The summed E-state index contributed by atoms with van der Waals surface area (Å²) >= 11 is 0. The average molecular weight is 297 g/mol. The second kappa shape index (κ2) is 5.33. The molecule has 0 saturated carbocycles. The van der Waals surface area contributed by atoms with Crippen molar-refractivity contribution in [3.05, 3.63) is 23.9 Å². The smallest absolute Gasteiger partial charge is 0.211 e. The molecule has 1 aromatic heterocycles. The first-order valence-electron chi connectivity index (χ1n) is 6.84. The maximum atomic E-state index is 11.5. The fraction of sp³-hybridized carbons (Fsp3) is 0.643. The van der Waals surface area contributed by atoms with Gasteiger partial charge in [0.05, 0.1) is 6.26 Å². The van der Waals surface area contributed by atoms with Crippen molar-refractivity contribution in [2.24, 2.45) is 0 Å². The summed E-state index contributed by atoms with van der Waals surface area (Å²) < 4.78 is 24.5. The zero-order valence-electron chi connectivity index (χ0n) is 12.5. The lowest BCUT2D eigenvalue weighted by Crippen LogP contribution is -2.30. The molecule has 1 atom stereocenters. The molecule has 2 heterocycles. The zero-order valence-corrected chi connectivity index (χ0v) is 13.4. The Morgan fingerprint density at radius 3 is 2.65 bits per heavy atom. The molecule has 112 valence electrons. The molecule has 0 radical (unpaired) electrons. The quantitative estimate of drug-likeness (QED) is 0.924. The third-order valence-electron chi connectivity index (χ3n) is 3.60. The van der Waals surface area contributed by atoms with E-state index >= 15 is 0 Å². The highest BCUT2D eigenvalue weighted by Crippen LogP contribution is 2.24. The number of nitrogens with zero attached hydrogens (tertiary/aromatic N) is 2. The van der Waals surface area contributed by atoms with E-state index in [1.54, 1.807) is 6.20 Å². The molecule has 20 heavy (non-hydrogen) atoms. The Bertz CT molecular complexity index is 578. The molecule has 1 fully saturated rings. The van der Waals surface area contributed by atoms with E-state index < -0.39 is 10.0 Å². The van der Waals surface area contributed by atoms with Crippen molar-refractivity contribution in [3.8, 4) is 0 Å². The fourth-order valence-corrected chi connectivity index (χ4v) is 3.22. The topological polar surface area (TPSA) is 62.3 Å². The van der Waals surface area contributed by atoms with E-state index in [9.17, 15) is 8.42 Å². The van der Waals surface area contributed by atoms with Gasteiger partial charge in [0, 0.05) is 25.3 Å². The highest BCUT2D eigenvalue weighted by atomic mass is 32.2. The van der Waals surface area contributed by atoms with E-state index in [-0.39, 0.29) is 11.5 Å². The van der Waals surface area contributed by atoms with Crippen LogP contribution in [0.5, 0.6) is 0 Å². The highest BCUT2D eigenvalue weighted by Gasteiger charge is 2.28. The minimum atomic E-state index is -3.09. The van der Waals surface area contributed by atoms with Crippen LogP contribution in [0.1, 0.15) is 32.8 Å². The Morgan fingerprint density at radius 2 is 2.10 bits per heavy atom. The molecule has 1 N–H and O–H groups in total. The number of nitrogens with one attached hydrogen (secondary N) is 1. The van der Waals surface area contributed by atoms with Crippen LogP contribution in [0, 0.1) is 0 Å². The lowest BCUT2D eigenvalue weighted by Gasteiger charge is -2.21. The summed E-state index contributed by atoms with van der Waals surface area (Å²) in [5.74, 6) is 0.817. The monoisotopic (exact) mass is 297 g/mol. The summed E-state index contributed by atoms with van der Waals surface area (Å²) in [4.78, 5) is 4.32. The summed E-state index contributed by atoms with van der Waals surface area (Å²) in [5.41, 5.74) is 1.29. The van der Waals surface area contributed by atoms with Gasteiger partial charge in [-0.15, -0.1) is 0 Å². The Balaban J connectivity index is 2.05. The Labute approximate surface area is 121 Å². The van der Waals surface area contributed by atoms with Crippen LogP contribution in [0.2, 0.25) is 0 Å². The molecule has 6 heteroatoms. The lowest BCUT2D eigenvalue weighted by atomic mass is 9.88. The Morgan fingerprint density at radius 1 is 1.40 bits per heavy atom. The van der Waals surface area contributed by atoms with Crippen LogP contribution in [-0.4, -0.2) is 43.1 Å². The summed E-state index contributed by atoms with van der Waals surface area (Å²) in [5, 5.41) is 3.34. The van der Waals surface area contributed by atoms with Crippen molar-refractivity contribution >= 4 is 15.8 Å². The molecule has 1 saturated heterocycles. The molecule has 2 rings (SSSR count). The number of pyridine rings is 1. The third kappa shape index (κ3) is 3.70. The second-order valence-corrected chi connectivity index (χ2v) is 8.41. The molecular formula is C14H23N3O2S. The molecular weight excluding hydrogens is 274 g/mol. The Kier molecular flexibility index (Phi) is 4.07. The van der Waals surface area contributed by atoms with Crippen molar-refractivity contribution in [2.75, 3.05) is 24.7 Å². The zero-order chi connectivity index (χ0) is 15.0. The van der Waals surface area contributed by atoms with Crippen LogP contribution in [0.4, 0.5) is 5.82 Å². The molecule has 0 aliphatic carbocycles. The van der Waals surface area contributed by atoms with Gasteiger partial charge in [0.15, 0.2) is 0 Å². The van der Waals surface area contributed by atoms with Crippen molar-refractivity contribution in [1.82, 2.24) is 9.29 Å². The fourth-order valence-electron chi connectivity index (χ4n) is 2.33. The van der Waals surface area contributed by atoms with E-state index in [1.165, 1.54) is 16.1 Å². The van der Waals surface area contributed by atoms with Crippen LogP contribution < -0.4 is 5.32 Å². The molecule has 0 aromatic carbocycles. The van der Waals surface area contributed by atoms with Gasteiger partial charge in [-0.2, -0.15) is 0 Å². The van der Waals surface area contributed by atoms with E-state index in [1.807, 2.05) is 12.1 Å². The van der Waals surface area contributed by atoms with Crippen molar-refractivity contribution < 1.29 is 8.42 Å². The van der Waals surface area contributed by atoms with Gasteiger partial charge in [-0.3, -0.25) is 0 Å². The number of sulfonamides is 1. The molecule has 0 spiro atoms. The first kappa shape index (κ1) is 15.3. The van der Waals surface area contributed by atoms with Gasteiger partial charge in [-0.1, -0.05) is 20.8 Å². The SMILES string of the molecule is CC(C)(C)c1ccnc(NC2CCN(S(C)(=O)=O)C2)c1. The highest BCUT2D eigenvalue weighted by molar-refractivity contribution is 7.88. The van der Waals surface area contributed by atoms with Gasteiger partial charge in [-0.25, -0.2) is 17.7 Å². The second-order valence-electron chi connectivity index (χ2n) is 6.43. The average Bonchev–Trinajstić information content (AvgIpc) is 2.76. The molecule has 1 aliphatic rings. The summed E-state index contributed by atoms with van der Waals surface area (Å²) in [6.45, 7) is 7.57. The number of anilines is 1. The van der Waals surface area contributed by atoms with Gasteiger partial charge in [0.25, 0.3) is 0 Å². The summed E-state index contributed by atoms with van der Waals surface area (Å²) in [6.07, 6.45) is 3.87. The molecule has 1 unspecified atom stereocenters. The van der Waals surface area contributed by atoms with E-state index in [0.29, 0.717) is 13.1 Å². The van der Waals surface area contributed by atoms with Gasteiger partial charge in [-0.05, 0) is 29.5 Å². The predicted octanol–water partition coefficient (Wildman–Crippen LogP) is 1.82. The van der Waals surface area contributed by atoms with Crippen LogP contribution in [0.15, 0.2) is 18.3 Å². The molecule has 1 aliphatic heterocycles. The first-order chi connectivity index (χ1) is 9.16. The van der Waals surface area contributed by atoms with Gasteiger partial charge in [0.1, 0.15) is 5.82 Å². The maximum Gasteiger partial charge on any atom is 0.211 e. The van der Waals surface area contributed by atoms with Gasteiger partial charge in [0.2, 0.25) is 10.0 Å². The third-order valence-corrected chi connectivity index (χ3v) is 4.87. The lowest BCUT2D eigenvalue weighted by molar-refractivity contribution is 0.480.